The van der Waals surface area contributed by atoms with Crippen LogP contribution in [0.3, 0.4) is 0 Å². The lowest BCUT2D eigenvalue weighted by Gasteiger charge is -2.08. The van der Waals surface area contributed by atoms with E-state index in [0.717, 1.165) is 5.56 Å². The number of benzene rings is 1. The quantitative estimate of drug-likeness (QED) is 0.734. The third-order valence-corrected chi connectivity index (χ3v) is 1.98. The van der Waals surface area contributed by atoms with E-state index in [-0.39, 0.29) is 11.9 Å². The molecular formula is C11H15NO2. The summed E-state index contributed by atoms with van der Waals surface area (Å²) in [7, 11) is 0. The van der Waals surface area contributed by atoms with Crippen LogP contribution in [-0.4, -0.2) is 12.5 Å². The minimum absolute atomic E-state index is 0.223. The Hall–Kier alpha value is -1.35. The standard InChI is InChI=1S/C11H15NO2/c1-9(7-12)11(13)14-8-10-5-3-2-4-6-10/h2-6,9H,7-8,12H2,1H3. The molecule has 0 bridgehead atoms. The van der Waals surface area contributed by atoms with Gasteiger partial charge < -0.3 is 10.5 Å². The first kappa shape index (κ1) is 10.7. The summed E-state index contributed by atoms with van der Waals surface area (Å²) in [5, 5.41) is 0. The largest absolute Gasteiger partial charge is 0.461 e. The van der Waals surface area contributed by atoms with Crippen LogP contribution in [0.2, 0.25) is 0 Å². The van der Waals surface area contributed by atoms with Crippen LogP contribution in [0, 0.1) is 5.92 Å². The molecule has 3 heteroatoms. The molecule has 1 unspecified atom stereocenters. The van der Waals surface area contributed by atoms with Crippen LogP contribution in [0.25, 0.3) is 0 Å². The van der Waals surface area contributed by atoms with Gasteiger partial charge in [-0.2, -0.15) is 0 Å². The van der Waals surface area contributed by atoms with Crippen LogP contribution in [-0.2, 0) is 16.1 Å². The molecule has 3 nitrogen and oxygen atoms in total. The van der Waals surface area contributed by atoms with Gasteiger partial charge in [0.25, 0.3) is 0 Å². The van der Waals surface area contributed by atoms with E-state index >= 15 is 0 Å². The summed E-state index contributed by atoms with van der Waals surface area (Å²) in [6.07, 6.45) is 0. The van der Waals surface area contributed by atoms with Crippen LogP contribution in [0.4, 0.5) is 0 Å². The van der Waals surface area contributed by atoms with Gasteiger partial charge in [0.15, 0.2) is 0 Å². The smallest absolute Gasteiger partial charge is 0.310 e. The number of carbonyl (C=O) groups is 1. The highest BCUT2D eigenvalue weighted by atomic mass is 16.5. The lowest BCUT2D eigenvalue weighted by molar-refractivity contribution is -0.148. The van der Waals surface area contributed by atoms with Crippen molar-refractivity contribution in [1.82, 2.24) is 0 Å². The van der Waals surface area contributed by atoms with Gasteiger partial charge in [0.2, 0.25) is 0 Å². The summed E-state index contributed by atoms with van der Waals surface area (Å²) in [6.45, 7) is 2.41. The Labute approximate surface area is 83.9 Å². The fourth-order valence-electron chi connectivity index (χ4n) is 0.967. The highest BCUT2D eigenvalue weighted by Gasteiger charge is 2.11. The zero-order valence-electron chi connectivity index (χ0n) is 8.27. The van der Waals surface area contributed by atoms with Gasteiger partial charge in [0.1, 0.15) is 6.61 Å². The van der Waals surface area contributed by atoms with Crippen molar-refractivity contribution in [1.29, 1.82) is 0 Å². The Balaban J connectivity index is 2.38. The highest BCUT2D eigenvalue weighted by Crippen LogP contribution is 2.03. The van der Waals surface area contributed by atoms with Gasteiger partial charge in [0, 0.05) is 6.54 Å². The molecule has 0 saturated carbocycles. The monoisotopic (exact) mass is 193 g/mol. The van der Waals surface area contributed by atoms with Gasteiger partial charge in [-0.1, -0.05) is 37.3 Å². The van der Waals surface area contributed by atoms with Crippen LogP contribution in [0.5, 0.6) is 0 Å². The minimum Gasteiger partial charge on any atom is -0.461 e. The molecule has 1 aromatic rings. The third kappa shape index (κ3) is 3.18. The number of hydrogen-bond acceptors (Lipinski definition) is 3. The molecule has 0 saturated heterocycles. The molecule has 1 atom stereocenters. The highest BCUT2D eigenvalue weighted by molar-refractivity contribution is 5.72. The van der Waals surface area contributed by atoms with E-state index in [0.29, 0.717) is 13.2 Å². The Morgan fingerprint density at radius 3 is 2.64 bits per heavy atom. The normalized spacial score (nSPS) is 12.1. The second-order valence-electron chi connectivity index (χ2n) is 3.23. The van der Waals surface area contributed by atoms with E-state index in [9.17, 15) is 4.79 Å². The molecule has 0 fully saturated rings. The van der Waals surface area contributed by atoms with E-state index in [1.165, 1.54) is 0 Å². The molecule has 76 valence electrons. The molecule has 0 spiro atoms. The number of hydrogen-bond donors (Lipinski definition) is 1. The average Bonchev–Trinajstić information content (AvgIpc) is 2.26. The second kappa shape index (κ2) is 5.40. The van der Waals surface area contributed by atoms with Gasteiger partial charge in [-0.15, -0.1) is 0 Å². The first-order chi connectivity index (χ1) is 6.74. The lowest BCUT2D eigenvalue weighted by Crippen LogP contribution is -2.22. The maximum atomic E-state index is 11.2. The minimum atomic E-state index is -0.239. The Bertz CT molecular complexity index is 285. The van der Waals surface area contributed by atoms with E-state index in [1.807, 2.05) is 30.3 Å². The lowest BCUT2D eigenvalue weighted by atomic mass is 10.2. The van der Waals surface area contributed by atoms with Crippen molar-refractivity contribution >= 4 is 5.97 Å². The van der Waals surface area contributed by atoms with Crippen molar-refractivity contribution in [2.75, 3.05) is 6.54 Å². The van der Waals surface area contributed by atoms with Gasteiger partial charge in [0.05, 0.1) is 5.92 Å². The van der Waals surface area contributed by atoms with Crippen molar-refractivity contribution in [3.05, 3.63) is 35.9 Å². The number of esters is 1. The number of nitrogens with two attached hydrogens (primary N) is 1. The summed E-state index contributed by atoms with van der Waals surface area (Å²) in [4.78, 5) is 11.2. The van der Waals surface area contributed by atoms with Gasteiger partial charge in [-0.25, -0.2) is 0 Å². The topological polar surface area (TPSA) is 52.3 Å². The number of carbonyl (C=O) groups excluding carboxylic acids is 1. The molecular weight excluding hydrogens is 178 g/mol. The zero-order valence-corrected chi connectivity index (χ0v) is 8.27. The molecule has 0 aromatic heterocycles. The molecule has 0 aliphatic heterocycles. The molecule has 0 radical (unpaired) electrons. The molecule has 0 amide bonds. The fourth-order valence-corrected chi connectivity index (χ4v) is 0.967. The maximum absolute atomic E-state index is 11.2. The van der Waals surface area contributed by atoms with Crippen LogP contribution in [0.1, 0.15) is 12.5 Å². The van der Waals surface area contributed by atoms with Gasteiger partial charge in [-0.3, -0.25) is 4.79 Å². The Kier molecular flexibility index (Phi) is 4.13. The second-order valence-corrected chi connectivity index (χ2v) is 3.23. The average molecular weight is 193 g/mol. The SMILES string of the molecule is CC(CN)C(=O)OCc1ccccc1. The van der Waals surface area contributed by atoms with Crippen molar-refractivity contribution in [2.24, 2.45) is 11.7 Å². The van der Waals surface area contributed by atoms with Crippen molar-refractivity contribution in [3.63, 3.8) is 0 Å². The summed E-state index contributed by atoms with van der Waals surface area (Å²) < 4.78 is 5.06. The molecule has 0 aliphatic rings. The van der Waals surface area contributed by atoms with E-state index in [4.69, 9.17) is 10.5 Å². The van der Waals surface area contributed by atoms with Gasteiger partial charge >= 0.3 is 5.97 Å². The van der Waals surface area contributed by atoms with Crippen LogP contribution >= 0.6 is 0 Å². The maximum Gasteiger partial charge on any atom is 0.310 e. The molecule has 0 aliphatic carbocycles. The third-order valence-electron chi connectivity index (χ3n) is 1.98. The first-order valence-corrected chi connectivity index (χ1v) is 4.64. The van der Waals surface area contributed by atoms with E-state index < -0.39 is 0 Å². The first-order valence-electron chi connectivity index (χ1n) is 4.64. The predicted molar refractivity (Wildman–Crippen MR) is 54.5 cm³/mol. The molecule has 1 aromatic carbocycles. The molecule has 14 heavy (non-hydrogen) atoms. The molecule has 1 rings (SSSR count). The number of rotatable bonds is 4. The summed E-state index contributed by atoms with van der Waals surface area (Å²) in [5.41, 5.74) is 6.33. The van der Waals surface area contributed by atoms with E-state index in [1.54, 1.807) is 6.92 Å². The van der Waals surface area contributed by atoms with E-state index in [2.05, 4.69) is 0 Å². The molecule has 0 heterocycles. The number of ether oxygens (including phenoxy) is 1. The van der Waals surface area contributed by atoms with Crippen molar-refractivity contribution in [3.8, 4) is 0 Å². The molecule has 2 N–H and O–H groups in total. The van der Waals surface area contributed by atoms with Crippen molar-refractivity contribution in [2.45, 2.75) is 13.5 Å². The van der Waals surface area contributed by atoms with Crippen molar-refractivity contribution < 1.29 is 9.53 Å². The Morgan fingerprint density at radius 2 is 2.07 bits per heavy atom. The summed E-state index contributed by atoms with van der Waals surface area (Å²) in [5.74, 6) is -0.463. The van der Waals surface area contributed by atoms with Crippen LogP contribution in [0.15, 0.2) is 30.3 Å². The fraction of sp³-hybridized carbons (Fsp3) is 0.364. The zero-order chi connectivity index (χ0) is 10.4. The Morgan fingerprint density at radius 1 is 1.43 bits per heavy atom. The summed E-state index contributed by atoms with van der Waals surface area (Å²) in [6, 6.07) is 9.58. The van der Waals surface area contributed by atoms with Gasteiger partial charge in [-0.05, 0) is 5.56 Å². The van der Waals surface area contributed by atoms with Crippen LogP contribution < -0.4 is 5.73 Å². The summed E-state index contributed by atoms with van der Waals surface area (Å²) >= 11 is 0. The predicted octanol–water partition coefficient (Wildman–Crippen LogP) is 1.32.